The molecule has 1 rings (SSSR count). The molecule has 1 amide bonds. The minimum Gasteiger partial charge on any atom is -0.266 e. The van der Waals surface area contributed by atoms with Crippen LogP contribution in [-0.4, -0.2) is 15.9 Å². The van der Waals surface area contributed by atoms with Gasteiger partial charge < -0.3 is 0 Å². The Labute approximate surface area is 73.0 Å². The molecule has 1 aromatic rings. The third kappa shape index (κ3) is 1.90. The van der Waals surface area contributed by atoms with Crippen molar-refractivity contribution < 1.29 is 4.79 Å². The van der Waals surface area contributed by atoms with Crippen molar-refractivity contribution in [3.63, 3.8) is 0 Å². The Bertz CT molecular complexity index is 328. The maximum atomic E-state index is 10.9. The van der Waals surface area contributed by atoms with Crippen molar-refractivity contribution in [1.29, 1.82) is 5.26 Å². The Morgan fingerprint density at radius 1 is 1.58 bits per heavy atom. The number of carbonyl (C=O) groups is 1. The number of aromatic nitrogens is 2. The average molecular weight is 183 g/mol. The van der Waals surface area contributed by atoms with Gasteiger partial charge in [0.15, 0.2) is 6.19 Å². The fourth-order valence-electron chi connectivity index (χ4n) is 0.544. The summed E-state index contributed by atoms with van der Waals surface area (Å²) < 4.78 is 0. The van der Waals surface area contributed by atoms with Crippen LogP contribution in [-0.2, 0) is 0 Å². The van der Waals surface area contributed by atoms with Gasteiger partial charge in [-0.2, -0.15) is 5.26 Å². The highest BCUT2D eigenvalue weighted by Crippen LogP contribution is 2.00. The second kappa shape index (κ2) is 3.64. The van der Waals surface area contributed by atoms with Crippen LogP contribution in [0, 0.1) is 11.5 Å². The number of nitrogens with one attached hydrogen (secondary N) is 1. The summed E-state index contributed by atoms with van der Waals surface area (Å²) in [5, 5.41) is 10.2. The molecule has 1 heterocycles. The van der Waals surface area contributed by atoms with Crippen LogP contribution >= 0.6 is 11.6 Å². The number of amides is 1. The van der Waals surface area contributed by atoms with E-state index >= 15 is 0 Å². The average Bonchev–Trinajstić information content (AvgIpc) is 2.06. The lowest BCUT2D eigenvalue weighted by Gasteiger charge is -1.94. The fourth-order valence-corrected chi connectivity index (χ4v) is 0.642. The number of rotatable bonds is 1. The van der Waals surface area contributed by atoms with E-state index in [9.17, 15) is 4.79 Å². The third-order valence-electron chi connectivity index (χ3n) is 1.02. The van der Waals surface area contributed by atoms with E-state index in [0.29, 0.717) is 0 Å². The summed E-state index contributed by atoms with van der Waals surface area (Å²) in [5.41, 5.74) is 0.0564. The summed E-state index contributed by atoms with van der Waals surface area (Å²) in [4.78, 5) is 18.1. The molecule has 6 heteroatoms. The van der Waals surface area contributed by atoms with Crippen LogP contribution in [0.25, 0.3) is 0 Å². The predicted molar refractivity (Wildman–Crippen MR) is 40.1 cm³/mol. The summed E-state index contributed by atoms with van der Waals surface area (Å²) in [6, 6.07) is 0. The van der Waals surface area contributed by atoms with E-state index in [1.165, 1.54) is 18.6 Å². The number of halogens is 1. The summed E-state index contributed by atoms with van der Waals surface area (Å²) >= 11 is 5.42. The molecule has 0 aliphatic rings. The molecule has 0 unspecified atom stereocenters. The smallest absolute Gasteiger partial charge is 0.266 e. The van der Waals surface area contributed by atoms with Crippen LogP contribution in [0.4, 0.5) is 0 Å². The maximum absolute atomic E-state index is 10.9. The van der Waals surface area contributed by atoms with Gasteiger partial charge >= 0.3 is 0 Å². The summed E-state index contributed by atoms with van der Waals surface area (Å²) in [5.74, 6) is -0.596. The highest BCUT2D eigenvalue weighted by Gasteiger charge is 2.05. The van der Waals surface area contributed by atoms with Crippen molar-refractivity contribution in [2.24, 2.45) is 0 Å². The van der Waals surface area contributed by atoms with Crippen molar-refractivity contribution in [2.45, 2.75) is 0 Å². The summed E-state index contributed by atoms with van der Waals surface area (Å²) in [6.45, 7) is 0. The van der Waals surface area contributed by atoms with Gasteiger partial charge in [-0.15, -0.1) is 0 Å². The van der Waals surface area contributed by atoms with Crippen molar-refractivity contribution in [3.8, 4) is 6.19 Å². The first-order chi connectivity index (χ1) is 5.74. The minimum absolute atomic E-state index is 0.0564. The van der Waals surface area contributed by atoms with E-state index in [2.05, 4.69) is 9.97 Å². The molecule has 0 aromatic carbocycles. The van der Waals surface area contributed by atoms with Gasteiger partial charge in [-0.05, 0) is 0 Å². The van der Waals surface area contributed by atoms with Crippen molar-refractivity contribution in [1.82, 2.24) is 15.3 Å². The molecule has 0 radical (unpaired) electrons. The molecule has 0 aliphatic carbocycles. The van der Waals surface area contributed by atoms with Crippen LogP contribution < -0.4 is 5.32 Å². The van der Waals surface area contributed by atoms with Gasteiger partial charge in [0, 0.05) is 0 Å². The van der Waals surface area contributed by atoms with E-state index in [4.69, 9.17) is 16.9 Å². The predicted octanol–water partition coefficient (Wildman–Crippen LogP) is 0.341. The molecule has 0 spiro atoms. The standard InChI is InChI=1S/C6H3ClN4O/c7-5-2-9-4(1-10-5)6(12)11-3-8/h1-2H,(H,11,12). The topological polar surface area (TPSA) is 78.7 Å². The molecule has 0 saturated heterocycles. The second-order valence-electron chi connectivity index (χ2n) is 1.79. The first-order valence-corrected chi connectivity index (χ1v) is 3.29. The SMILES string of the molecule is N#CNC(=O)c1cnc(Cl)cn1. The van der Waals surface area contributed by atoms with Crippen LogP contribution in [0.2, 0.25) is 5.15 Å². The lowest BCUT2D eigenvalue weighted by Crippen LogP contribution is -2.18. The van der Waals surface area contributed by atoms with Gasteiger partial charge in [0.2, 0.25) is 0 Å². The lowest BCUT2D eigenvalue weighted by molar-refractivity contribution is 0.0967. The Morgan fingerprint density at radius 2 is 2.33 bits per heavy atom. The van der Waals surface area contributed by atoms with Crippen LogP contribution in [0.15, 0.2) is 12.4 Å². The van der Waals surface area contributed by atoms with E-state index < -0.39 is 5.91 Å². The van der Waals surface area contributed by atoms with E-state index in [1.54, 1.807) is 0 Å². The zero-order chi connectivity index (χ0) is 8.97. The molecule has 0 aliphatic heterocycles. The first-order valence-electron chi connectivity index (χ1n) is 2.91. The van der Waals surface area contributed by atoms with Crippen LogP contribution in [0.5, 0.6) is 0 Å². The lowest BCUT2D eigenvalue weighted by atomic mass is 10.4. The minimum atomic E-state index is -0.596. The monoisotopic (exact) mass is 182 g/mol. The normalized spacial score (nSPS) is 8.67. The number of nitrogens with zero attached hydrogens (tertiary/aromatic N) is 3. The molecular formula is C6H3ClN4O. The molecule has 1 N–H and O–H groups in total. The molecule has 0 fully saturated rings. The van der Waals surface area contributed by atoms with Crippen LogP contribution in [0.3, 0.4) is 0 Å². The second-order valence-corrected chi connectivity index (χ2v) is 2.18. The van der Waals surface area contributed by atoms with Gasteiger partial charge in [-0.1, -0.05) is 11.6 Å². The zero-order valence-corrected chi connectivity index (χ0v) is 6.54. The largest absolute Gasteiger partial charge is 0.284 e. The van der Waals surface area contributed by atoms with E-state index in [-0.39, 0.29) is 10.8 Å². The fraction of sp³-hybridized carbons (Fsp3) is 0. The molecule has 5 nitrogen and oxygen atoms in total. The first kappa shape index (κ1) is 8.43. The highest BCUT2D eigenvalue weighted by atomic mass is 35.5. The number of hydrogen-bond acceptors (Lipinski definition) is 4. The number of carbonyl (C=O) groups excluding carboxylic acids is 1. The van der Waals surface area contributed by atoms with Crippen molar-refractivity contribution in [3.05, 3.63) is 23.2 Å². The molecule has 0 bridgehead atoms. The van der Waals surface area contributed by atoms with Gasteiger partial charge in [0.1, 0.15) is 10.8 Å². The van der Waals surface area contributed by atoms with Crippen molar-refractivity contribution >= 4 is 17.5 Å². The van der Waals surface area contributed by atoms with Crippen molar-refractivity contribution in [2.75, 3.05) is 0 Å². The highest BCUT2D eigenvalue weighted by molar-refractivity contribution is 6.29. The molecule has 60 valence electrons. The Morgan fingerprint density at radius 3 is 2.83 bits per heavy atom. The third-order valence-corrected chi connectivity index (χ3v) is 1.22. The quantitative estimate of drug-likeness (QED) is 0.502. The van der Waals surface area contributed by atoms with E-state index in [0.717, 1.165) is 0 Å². The molecule has 1 aromatic heterocycles. The van der Waals surface area contributed by atoms with E-state index in [1.807, 2.05) is 5.32 Å². The summed E-state index contributed by atoms with van der Waals surface area (Å²) in [7, 11) is 0. The van der Waals surface area contributed by atoms with Gasteiger partial charge in [0.25, 0.3) is 5.91 Å². The molecule has 0 saturated carbocycles. The van der Waals surface area contributed by atoms with Gasteiger partial charge in [-0.25, -0.2) is 9.97 Å². The maximum Gasteiger partial charge on any atom is 0.284 e. The zero-order valence-electron chi connectivity index (χ0n) is 5.78. The van der Waals surface area contributed by atoms with Gasteiger partial charge in [0.05, 0.1) is 12.4 Å². The molecule has 12 heavy (non-hydrogen) atoms. The molecule has 0 atom stereocenters. The Hall–Kier alpha value is -1.67. The summed E-state index contributed by atoms with van der Waals surface area (Å²) in [6.07, 6.45) is 3.90. The Balaban J connectivity index is 2.84. The number of hydrogen-bond donors (Lipinski definition) is 1. The molecular weight excluding hydrogens is 180 g/mol. The Kier molecular flexibility index (Phi) is 2.56. The van der Waals surface area contributed by atoms with Crippen LogP contribution in [0.1, 0.15) is 10.5 Å². The van der Waals surface area contributed by atoms with Gasteiger partial charge in [-0.3, -0.25) is 10.1 Å². The number of nitriles is 1.